The summed E-state index contributed by atoms with van der Waals surface area (Å²) >= 11 is 12.0. The van der Waals surface area contributed by atoms with Crippen LogP contribution in [-0.2, 0) is 16.1 Å². The van der Waals surface area contributed by atoms with Crippen LogP contribution in [0.15, 0.2) is 48.5 Å². The molecule has 1 fully saturated rings. The van der Waals surface area contributed by atoms with Gasteiger partial charge in [-0.3, -0.25) is 9.59 Å². The molecule has 2 amide bonds. The number of nitrogens with one attached hydrogen (secondary N) is 1. The number of benzene rings is 2. The predicted molar refractivity (Wildman–Crippen MR) is 123 cm³/mol. The van der Waals surface area contributed by atoms with Gasteiger partial charge in [0.1, 0.15) is 17.7 Å². The second kappa shape index (κ2) is 11.4. The van der Waals surface area contributed by atoms with E-state index in [0.717, 1.165) is 31.2 Å². The summed E-state index contributed by atoms with van der Waals surface area (Å²) in [5, 5.41) is 3.78. The molecule has 0 aliphatic heterocycles. The third-order valence-corrected chi connectivity index (χ3v) is 6.12. The molecule has 7 heteroatoms. The van der Waals surface area contributed by atoms with Gasteiger partial charge in [-0.25, -0.2) is 0 Å². The van der Waals surface area contributed by atoms with E-state index in [9.17, 15) is 9.59 Å². The van der Waals surface area contributed by atoms with Crippen molar-refractivity contribution in [3.05, 3.63) is 64.7 Å². The van der Waals surface area contributed by atoms with Gasteiger partial charge >= 0.3 is 0 Å². The highest BCUT2D eigenvalue weighted by Gasteiger charge is 2.32. The number of methoxy groups -OCH3 is 1. The molecule has 1 aliphatic rings. The molecule has 2 aromatic rings. The lowest BCUT2D eigenvalue weighted by Gasteiger charge is -2.33. The van der Waals surface area contributed by atoms with Crippen LogP contribution < -0.4 is 10.1 Å². The Kier molecular flexibility index (Phi) is 8.61. The molecular formula is C24H28Cl2N2O3. The summed E-state index contributed by atoms with van der Waals surface area (Å²) < 4.78 is 5.25. The van der Waals surface area contributed by atoms with Crippen molar-refractivity contribution >= 4 is 35.0 Å². The number of halogens is 2. The van der Waals surface area contributed by atoms with Crippen LogP contribution >= 0.6 is 23.2 Å². The Balaban J connectivity index is 1.93. The van der Waals surface area contributed by atoms with Crippen LogP contribution in [0.5, 0.6) is 5.75 Å². The van der Waals surface area contributed by atoms with Crippen molar-refractivity contribution in [1.29, 1.82) is 0 Å². The second-order valence-electron chi connectivity index (χ2n) is 7.80. The van der Waals surface area contributed by atoms with Crippen molar-refractivity contribution in [3.8, 4) is 5.75 Å². The van der Waals surface area contributed by atoms with Crippen molar-refractivity contribution in [2.24, 2.45) is 0 Å². The molecule has 1 aliphatic carbocycles. The van der Waals surface area contributed by atoms with Crippen LogP contribution in [0, 0.1) is 0 Å². The highest BCUT2D eigenvalue weighted by Crippen LogP contribution is 2.28. The summed E-state index contributed by atoms with van der Waals surface area (Å²) in [5.41, 5.74) is 1.58. The van der Waals surface area contributed by atoms with Crippen molar-refractivity contribution in [3.63, 3.8) is 0 Å². The Hall–Kier alpha value is -2.24. The average Bonchev–Trinajstić information content (AvgIpc) is 2.80. The van der Waals surface area contributed by atoms with E-state index in [2.05, 4.69) is 5.32 Å². The van der Waals surface area contributed by atoms with E-state index in [4.69, 9.17) is 27.9 Å². The van der Waals surface area contributed by atoms with Crippen LogP contribution in [0.2, 0.25) is 5.02 Å². The molecule has 1 N–H and O–H groups in total. The van der Waals surface area contributed by atoms with E-state index < -0.39 is 6.04 Å². The number of hydrogen-bond donors (Lipinski definition) is 1. The Bertz CT molecular complexity index is 865. The molecule has 0 radical (unpaired) electrons. The summed E-state index contributed by atoms with van der Waals surface area (Å²) in [5.74, 6) is -0.0272. The molecule has 5 nitrogen and oxygen atoms in total. The minimum Gasteiger partial charge on any atom is -0.497 e. The van der Waals surface area contributed by atoms with Gasteiger partial charge in [-0.2, -0.15) is 0 Å². The van der Waals surface area contributed by atoms with Gasteiger partial charge < -0.3 is 15.0 Å². The molecular weight excluding hydrogens is 435 g/mol. The van der Waals surface area contributed by atoms with Crippen LogP contribution in [0.3, 0.4) is 0 Å². The van der Waals surface area contributed by atoms with E-state index in [0.29, 0.717) is 16.3 Å². The molecule has 1 saturated carbocycles. The Morgan fingerprint density at radius 2 is 1.71 bits per heavy atom. The lowest BCUT2D eigenvalue weighted by atomic mass is 9.94. The maximum absolute atomic E-state index is 13.5. The summed E-state index contributed by atoms with van der Waals surface area (Å²) in [6.45, 7) is 0.248. The van der Waals surface area contributed by atoms with Gasteiger partial charge in [0.2, 0.25) is 11.8 Å². The molecule has 0 unspecified atom stereocenters. The summed E-state index contributed by atoms with van der Waals surface area (Å²) in [6.07, 6.45) is 5.33. The quantitative estimate of drug-likeness (QED) is 0.554. The van der Waals surface area contributed by atoms with E-state index in [1.165, 1.54) is 11.3 Å². The van der Waals surface area contributed by atoms with Gasteiger partial charge in [0.15, 0.2) is 0 Å². The number of hydrogen-bond acceptors (Lipinski definition) is 3. The number of alkyl halides is 1. The molecule has 0 aromatic heterocycles. The number of ether oxygens (including phenoxy) is 1. The topological polar surface area (TPSA) is 58.6 Å². The van der Waals surface area contributed by atoms with Crippen molar-refractivity contribution in [2.45, 2.75) is 50.7 Å². The molecule has 1 atom stereocenters. The number of carbonyl (C=O) groups excluding carboxylic acids is 2. The van der Waals surface area contributed by atoms with Gasteiger partial charge in [-0.05, 0) is 48.2 Å². The van der Waals surface area contributed by atoms with Crippen LogP contribution in [0.1, 0.15) is 49.3 Å². The minimum absolute atomic E-state index is 0.130. The largest absolute Gasteiger partial charge is 0.497 e. The monoisotopic (exact) mass is 462 g/mol. The highest BCUT2D eigenvalue weighted by molar-refractivity contribution is 6.30. The van der Waals surface area contributed by atoms with E-state index in [1.807, 2.05) is 24.3 Å². The zero-order valence-corrected chi connectivity index (χ0v) is 19.2. The van der Waals surface area contributed by atoms with Crippen molar-refractivity contribution in [1.82, 2.24) is 10.2 Å². The van der Waals surface area contributed by atoms with Crippen molar-refractivity contribution in [2.75, 3.05) is 13.0 Å². The summed E-state index contributed by atoms with van der Waals surface area (Å²) in [6, 6.07) is 13.8. The summed E-state index contributed by atoms with van der Waals surface area (Å²) in [4.78, 5) is 27.9. The van der Waals surface area contributed by atoms with Crippen LogP contribution in [0.4, 0.5) is 0 Å². The standard InChI is InChI=1S/C24H28Cl2N2O3/c1-31-21-13-9-18(10-14-21)23(24(30)27-20-5-3-2-4-6-20)28(22(29)15-25)16-17-7-11-19(26)12-8-17/h7-14,20,23H,2-6,15-16H2,1H3,(H,27,30)/t23-/m0/s1. The van der Waals surface area contributed by atoms with E-state index >= 15 is 0 Å². The fourth-order valence-corrected chi connectivity index (χ4v) is 4.25. The lowest BCUT2D eigenvalue weighted by Crippen LogP contribution is -2.47. The molecule has 0 bridgehead atoms. The fraction of sp³-hybridized carbons (Fsp3) is 0.417. The highest BCUT2D eigenvalue weighted by atomic mass is 35.5. The molecule has 0 spiro atoms. The van der Waals surface area contributed by atoms with Gasteiger partial charge in [-0.15, -0.1) is 11.6 Å². The molecule has 0 heterocycles. The first-order chi connectivity index (χ1) is 15.0. The van der Waals surface area contributed by atoms with Crippen LogP contribution in [-0.4, -0.2) is 35.7 Å². The normalized spacial score (nSPS) is 15.2. The maximum Gasteiger partial charge on any atom is 0.247 e. The van der Waals surface area contributed by atoms with E-state index in [1.54, 1.807) is 31.4 Å². The molecule has 2 aromatic carbocycles. The predicted octanol–water partition coefficient (Wildman–Crippen LogP) is 5.11. The number of amides is 2. The molecule has 166 valence electrons. The first-order valence-corrected chi connectivity index (χ1v) is 11.5. The first kappa shape index (κ1) is 23.4. The Morgan fingerprint density at radius 3 is 2.29 bits per heavy atom. The molecule has 3 rings (SSSR count). The summed E-state index contributed by atoms with van der Waals surface area (Å²) in [7, 11) is 1.59. The number of rotatable bonds is 8. The van der Waals surface area contributed by atoms with E-state index in [-0.39, 0.29) is 30.3 Å². The average molecular weight is 463 g/mol. The molecule has 31 heavy (non-hydrogen) atoms. The first-order valence-electron chi connectivity index (χ1n) is 10.6. The third-order valence-electron chi connectivity index (χ3n) is 5.64. The van der Waals surface area contributed by atoms with Gasteiger partial charge in [0, 0.05) is 17.6 Å². The van der Waals surface area contributed by atoms with Gasteiger partial charge in [-0.1, -0.05) is 55.1 Å². The Morgan fingerprint density at radius 1 is 1.06 bits per heavy atom. The second-order valence-corrected chi connectivity index (χ2v) is 8.50. The maximum atomic E-state index is 13.5. The minimum atomic E-state index is -0.797. The van der Waals surface area contributed by atoms with Crippen LogP contribution in [0.25, 0.3) is 0 Å². The fourth-order valence-electron chi connectivity index (χ4n) is 3.97. The smallest absolute Gasteiger partial charge is 0.247 e. The number of nitrogens with zero attached hydrogens (tertiary/aromatic N) is 1. The number of carbonyl (C=O) groups is 2. The third kappa shape index (κ3) is 6.37. The van der Waals surface area contributed by atoms with Gasteiger partial charge in [0.05, 0.1) is 7.11 Å². The van der Waals surface area contributed by atoms with Crippen molar-refractivity contribution < 1.29 is 14.3 Å². The molecule has 0 saturated heterocycles. The zero-order valence-electron chi connectivity index (χ0n) is 17.7. The van der Waals surface area contributed by atoms with Gasteiger partial charge in [0.25, 0.3) is 0 Å². The Labute approximate surface area is 193 Å². The lowest BCUT2D eigenvalue weighted by molar-refractivity contribution is -0.140. The zero-order chi connectivity index (χ0) is 22.2. The SMILES string of the molecule is COc1ccc([C@@H](C(=O)NC2CCCCC2)N(Cc2ccc(Cl)cc2)C(=O)CCl)cc1.